The summed E-state index contributed by atoms with van der Waals surface area (Å²) in [5.41, 5.74) is 0.857. The number of rotatable bonds is 6. The van der Waals surface area contributed by atoms with Crippen LogP contribution in [0.4, 0.5) is 5.82 Å². The van der Waals surface area contributed by atoms with Crippen molar-refractivity contribution in [1.82, 2.24) is 19.7 Å². The molecule has 0 bridgehead atoms. The first-order chi connectivity index (χ1) is 11.8. The number of ether oxygens (including phenoxy) is 1. The molecule has 0 aliphatic carbocycles. The molecule has 1 N–H and O–H groups in total. The summed E-state index contributed by atoms with van der Waals surface area (Å²) in [6, 6.07) is 7.69. The van der Waals surface area contributed by atoms with Gasteiger partial charge in [0.15, 0.2) is 0 Å². The summed E-state index contributed by atoms with van der Waals surface area (Å²) in [6.07, 6.45) is 4.81. The normalized spacial score (nSPS) is 17.7. The van der Waals surface area contributed by atoms with Gasteiger partial charge in [-0.15, -0.1) is 0 Å². The molecule has 0 unspecified atom stereocenters. The van der Waals surface area contributed by atoms with Crippen LogP contribution in [0, 0.1) is 0 Å². The van der Waals surface area contributed by atoms with Gasteiger partial charge >= 0.3 is 0 Å². The fourth-order valence-corrected chi connectivity index (χ4v) is 2.81. The van der Waals surface area contributed by atoms with E-state index >= 15 is 0 Å². The van der Waals surface area contributed by atoms with Crippen LogP contribution >= 0.6 is 0 Å². The molecule has 1 amide bonds. The van der Waals surface area contributed by atoms with Crippen molar-refractivity contribution in [2.45, 2.75) is 25.5 Å². The third-order valence-electron chi connectivity index (χ3n) is 4.11. The van der Waals surface area contributed by atoms with Crippen molar-refractivity contribution in [3.63, 3.8) is 0 Å². The number of nitrogens with one attached hydrogen (secondary N) is 1. The van der Waals surface area contributed by atoms with Crippen molar-refractivity contribution >= 4 is 11.7 Å². The highest BCUT2D eigenvalue weighted by Gasteiger charge is 2.26. The number of carbonyl (C=O) groups excluding carboxylic acids is 1. The number of hydrogen-bond acceptors (Lipinski definition) is 5. The van der Waals surface area contributed by atoms with Gasteiger partial charge in [0.05, 0.1) is 18.8 Å². The predicted octanol–water partition coefficient (Wildman–Crippen LogP) is 1.70. The van der Waals surface area contributed by atoms with Crippen molar-refractivity contribution < 1.29 is 9.53 Å². The SMILES string of the molecule is CNc1cccc([C@H]2CN(C(=O)CCCn3cccn3)CCO2)n1. The molecule has 0 radical (unpaired) electrons. The summed E-state index contributed by atoms with van der Waals surface area (Å²) >= 11 is 0. The molecule has 3 rings (SSSR count). The molecule has 0 aromatic carbocycles. The van der Waals surface area contributed by atoms with Crippen molar-refractivity contribution in [1.29, 1.82) is 0 Å². The lowest BCUT2D eigenvalue weighted by molar-refractivity contribution is -0.139. The van der Waals surface area contributed by atoms with Crippen LogP contribution in [0.1, 0.15) is 24.6 Å². The van der Waals surface area contributed by atoms with Crippen molar-refractivity contribution in [2.24, 2.45) is 0 Å². The molecule has 1 atom stereocenters. The molecule has 24 heavy (non-hydrogen) atoms. The molecule has 7 heteroatoms. The number of nitrogens with zero attached hydrogens (tertiary/aromatic N) is 4. The van der Waals surface area contributed by atoms with Gasteiger partial charge in [-0.3, -0.25) is 9.48 Å². The maximum atomic E-state index is 12.4. The van der Waals surface area contributed by atoms with E-state index in [-0.39, 0.29) is 12.0 Å². The summed E-state index contributed by atoms with van der Waals surface area (Å²) in [5.74, 6) is 0.971. The fourth-order valence-electron chi connectivity index (χ4n) is 2.81. The zero-order chi connectivity index (χ0) is 16.8. The zero-order valence-electron chi connectivity index (χ0n) is 13.9. The quantitative estimate of drug-likeness (QED) is 0.873. The van der Waals surface area contributed by atoms with Gasteiger partial charge in [0, 0.05) is 39.0 Å². The van der Waals surface area contributed by atoms with Crippen molar-refractivity contribution in [3.8, 4) is 0 Å². The maximum Gasteiger partial charge on any atom is 0.222 e. The van der Waals surface area contributed by atoms with E-state index in [1.165, 1.54) is 0 Å². The number of amides is 1. The summed E-state index contributed by atoms with van der Waals surface area (Å²) < 4.78 is 7.66. The summed E-state index contributed by atoms with van der Waals surface area (Å²) in [5, 5.41) is 7.18. The monoisotopic (exact) mass is 329 g/mol. The highest BCUT2D eigenvalue weighted by molar-refractivity contribution is 5.76. The molecule has 2 aromatic rings. The van der Waals surface area contributed by atoms with Gasteiger partial charge in [0.25, 0.3) is 0 Å². The average Bonchev–Trinajstić information content (AvgIpc) is 3.15. The minimum absolute atomic E-state index is 0.165. The predicted molar refractivity (Wildman–Crippen MR) is 90.5 cm³/mol. The first-order valence-corrected chi connectivity index (χ1v) is 8.28. The molecule has 7 nitrogen and oxygen atoms in total. The molecular formula is C17H23N5O2. The van der Waals surface area contributed by atoms with Crippen LogP contribution in [0.3, 0.4) is 0 Å². The molecule has 1 aliphatic rings. The maximum absolute atomic E-state index is 12.4. The van der Waals surface area contributed by atoms with E-state index in [4.69, 9.17) is 4.74 Å². The van der Waals surface area contributed by atoms with Gasteiger partial charge in [-0.1, -0.05) is 6.07 Å². The molecule has 1 aliphatic heterocycles. The first kappa shape index (κ1) is 16.4. The van der Waals surface area contributed by atoms with E-state index in [9.17, 15) is 4.79 Å². The number of pyridine rings is 1. The number of anilines is 1. The van der Waals surface area contributed by atoms with E-state index in [1.54, 1.807) is 6.20 Å². The Morgan fingerprint density at radius 1 is 1.42 bits per heavy atom. The Bertz CT molecular complexity index is 659. The number of aromatic nitrogens is 3. The van der Waals surface area contributed by atoms with Crippen LogP contribution in [0.15, 0.2) is 36.7 Å². The molecule has 2 aromatic heterocycles. The molecule has 1 saturated heterocycles. The van der Waals surface area contributed by atoms with Crippen LogP contribution in [-0.4, -0.2) is 52.3 Å². The third-order valence-corrected chi connectivity index (χ3v) is 4.11. The Balaban J connectivity index is 1.53. The molecule has 0 spiro atoms. The van der Waals surface area contributed by atoms with Crippen LogP contribution in [-0.2, 0) is 16.1 Å². The van der Waals surface area contributed by atoms with Crippen molar-refractivity contribution in [3.05, 3.63) is 42.4 Å². The summed E-state index contributed by atoms with van der Waals surface area (Å²) in [7, 11) is 1.84. The van der Waals surface area contributed by atoms with Gasteiger partial charge in [-0.2, -0.15) is 5.10 Å². The Labute approximate surface area is 141 Å². The van der Waals surface area contributed by atoms with E-state index < -0.39 is 0 Å². The van der Waals surface area contributed by atoms with E-state index in [1.807, 2.05) is 47.1 Å². The Morgan fingerprint density at radius 2 is 2.33 bits per heavy atom. The zero-order valence-corrected chi connectivity index (χ0v) is 13.9. The van der Waals surface area contributed by atoms with Crippen molar-refractivity contribution in [2.75, 3.05) is 32.1 Å². The first-order valence-electron chi connectivity index (χ1n) is 8.28. The number of hydrogen-bond donors (Lipinski definition) is 1. The number of carbonyl (C=O) groups is 1. The van der Waals surface area contributed by atoms with Crippen LogP contribution in [0.5, 0.6) is 0 Å². The van der Waals surface area contributed by atoms with Gasteiger partial charge in [-0.25, -0.2) is 4.98 Å². The standard InChI is InChI=1S/C17H23N5O2/c1-18-16-6-2-5-14(20-16)15-13-21(11-12-24-15)17(23)7-3-9-22-10-4-8-19-22/h2,4-6,8,10,15H,3,7,9,11-13H2,1H3,(H,18,20)/t15-/m1/s1. The minimum Gasteiger partial charge on any atom is -0.373 e. The van der Waals surface area contributed by atoms with Gasteiger partial charge in [-0.05, 0) is 24.6 Å². The van der Waals surface area contributed by atoms with Gasteiger partial charge in [0.1, 0.15) is 11.9 Å². The molecule has 1 fully saturated rings. The molecular weight excluding hydrogens is 306 g/mol. The lowest BCUT2D eigenvalue weighted by atomic mass is 10.1. The molecule has 3 heterocycles. The Kier molecular flexibility index (Phi) is 5.43. The van der Waals surface area contributed by atoms with Crippen LogP contribution in [0.25, 0.3) is 0 Å². The Morgan fingerprint density at radius 3 is 3.12 bits per heavy atom. The molecule has 0 saturated carbocycles. The molecule has 128 valence electrons. The second kappa shape index (κ2) is 7.92. The van der Waals surface area contributed by atoms with E-state index in [0.717, 1.165) is 24.5 Å². The van der Waals surface area contributed by atoms with Gasteiger partial charge < -0.3 is 15.0 Å². The highest BCUT2D eigenvalue weighted by Crippen LogP contribution is 2.22. The largest absolute Gasteiger partial charge is 0.373 e. The fraction of sp³-hybridized carbons (Fsp3) is 0.471. The lowest BCUT2D eigenvalue weighted by Crippen LogP contribution is -2.42. The smallest absolute Gasteiger partial charge is 0.222 e. The van der Waals surface area contributed by atoms with Gasteiger partial charge in [0.2, 0.25) is 5.91 Å². The number of aryl methyl sites for hydroxylation is 1. The topological polar surface area (TPSA) is 72.3 Å². The minimum atomic E-state index is -0.165. The average molecular weight is 329 g/mol. The van der Waals surface area contributed by atoms with Crippen LogP contribution < -0.4 is 5.32 Å². The third kappa shape index (κ3) is 4.11. The van der Waals surface area contributed by atoms with Crippen LogP contribution in [0.2, 0.25) is 0 Å². The number of morpholine rings is 1. The Hall–Kier alpha value is -2.41. The lowest BCUT2D eigenvalue weighted by Gasteiger charge is -2.33. The summed E-state index contributed by atoms with van der Waals surface area (Å²) in [4.78, 5) is 18.8. The second-order valence-corrected chi connectivity index (χ2v) is 5.77. The second-order valence-electron chi connectivity index (χ2n) is 5.77. The summed E-state index contributed by atoms with van der Waals surface area (Å²) in [6.45, 7) is 2.50. The van der Waals surface area contributed by atoms with E-state index in [2.05, 4.69) is 15.4 Å². The highest BCUT2D eigenvalue weighted by atomic mass is 16.5. The van der Waals surface area contributed by atoms with E-state index in [0.29, 0.717) is 26.1 Å².